The molecule has 1 heteroatoms. The van der Waals surface area contributed by atoms with Gasteiger partial charge >= 0.3 is 0 Å². The van der Waals surface area contributed by atoms with Crippen molar-refractivity contribution in [2.24, 2.45) is 11.1 Å². The fourth-order valence-electron chi connectivity index (χ4n) is 3.19. The summed E-state index contributed by atoms with van der Waals surface area (Å²) in [5.74, 6) is 0. The number of nitrogens with two attached hydrogens (primary N) is 1. The minimum absolute atomic E-state index is 0.234. The van der Waals surface area contributed by atoms with E-state index in [0.717, 1.165) is 6.42 Å². The van der Waals surface area contributed by atoms with Gasteiger partial charge in [0.05, 0.1) is 0 Å². The second-order valence-electron chi connectivity index (χ2n) is 7.62. The molecule has 106 valence electrons. The molecule has 0 saturated heterocycles. The van der Waals surface area contributed by atoms with Crippen molar-refractivity contribution in [3.63, 3.8) is 0 Å². The summed E-state index contributed by atoms with van der Waals surface area (Å²) in [5, 5.41) is 0. The fraction of sp³-hybridized carbons (Fsp3) is 0.667. The molecule has 2 N–H and O–H groups in total. The summed E-state index contributed by atoms with van der Waals surface area (Å²) in [4.78, 5) is 0. The highest BCUT2D eigenvalue weighted by Gasteiger charge is 2.34. The Balaban J connectivity index is 2.03. The molecule has 1 atom stereocenters. The maximum Gasteiger partial charge on any atom is 0.0133 e. The van der Waals surface area contributed by atoms with Gasteiger partial charge in [0.1, 0.15) is 0 Å². The molecule has 1 aliphatic rings. The Morgan fingerprint density at radius 2 is 1.63 bits per heavy atom. The van der Waals surface area contributed by atoms with Crippen LogP contribution in [0.15, 0.2) is 24.3 Å². The zero-order valence-electron chi connectivity index (χ0n) is 13.0. The Morgan fingerprint density at radius 3 is 2.11 bits per heavy atom. The van der Waals surface area contributed by atoms with Crippen LogP contribution in [0.2, 0.25) is 0 Å². The van der Waals surface area contributed by atoms with Gasteiger partial charge < -0.3 is 5.73 Å². The molecule has 1 nitrogen and oxygen atoms in total. The van der Waals surface area contributed by atoms with Gasteiger partial charge in [-0.15, -0.1) is 0 Å². The lowest BCUT2D eigenvalue weighted by molar-refractivity contribution is 0.260. The molecule has 1 saturated carbocycles. The highest BCUT2D eigenvalue weighted by atomic mass is 14.7. The predicted octanol–water partition coefficient (Wildman–Crippen LogP) is 4.43. The van der Waals surface area contributed by atoms with Crippen LogP contribution in [0, 0.1) is 5.41 Å². The molecule has 1 aromatic rings. The molecule has 0 aromatic heterocycles. The van der Waals surface area contributed by atoms with E-state index in [1.165, 1.54) is 36.8 Å². The quantitative estimate of drug-likeness (QED) is 0.853. The lowest BCUT2D eigenvalue weighted by Crippen LogP contribution is -2.39. The molecule has 1 fully saturated rings. The second kappa shape index (κ2) is 5.28. The van der Waals surface area contributed by atoms with Crippen molar-refractivity contribution in [2.45, 2.75) is 71.3 Å². The summed E-state index contributed by atoms with van der Waals surface area (Å²) in [7, 11) is 0. The maximum absolute atomic E-state index is 6.47. The summed E-state index contributed by atoms with van der Waals surface area (Å²) in [6.45, 7) is 9.14. The minimum Gasteiger partial charge on any atom is -0.327 e. The van der Waals surface area contributed by atoms with Crippen molar-refractivity contribution in [3.05, 3.63) is 35.4 Å². The molecule has 19 heavy (non-hydrogen) atoms. The van der Waals surface area contributed by atoms with Crippen LogP contribution in [0.25, 0.3) is 0 Å². The van der Waals surface area contributed by atoms with E-state index < -0.39 is 0 Å². The third-order valence-electron chi connectivity index (χ3n) is 4.92. The molecule has 0 radical (unpaired) electrons. The smallest absolute Gasteiger partial charge is 0.0133 e. The van der Waals surface area contributed by atoms with Gasteiger partial charge in [0, 0.05) is 6.04 Å². The van der Waals surface area contributed by atoms with Gasteiger partial charge in [-0.2, -0.15) is 0 Å². The Morgan fingerprint density at radius 1 is 1.11 bits per heavy atom. The van der Waals surface area contributed by atoms with Crippen LogP contribution < -0.4 is 5.73 Å². The minimum atomic E-state index is 0.234. The van der Waals surface area contributed by atoms with Crippen LogP contribution >= 0.6 is 0 Å². The summed E-state index contributed by atoms with van der Waals surface area (Å²) in [6, 6.07) is 9.35. The van der Waals surface area contributed by atoms with E-state index in [-0.39, 0.29) is 5.41 Å². The van der Waals surface area contributed by atoms with E-state index >= 15 is 0 Å². The van der Waals surface area contributed by atoms with Gasteiger partial charge in [-0.25, -0.2) is 0 Å². The predicted molar refractivity (Wildman–Crippen MR) is 83.4 cm³/mol. The van der Waals surface area contributed by atoms with Gasteiger partial charge in [0.25, 0.3) is 0 Å². The van der Waals surface area contributed by atoms with Gasteiger partial charge in [0.2, 0.25) is 0 Å². The van der Waals surface area contributed by atoms with E-state index in [0.29, 0.717) is 11.5 Å². The van der Waals surface area contributed by atoms with Crippen molar-refractivity contribution >= 4 is 0 Å². The molecule has 2 rings (SSSR count). The number of rotatable bonds is 3. The van der Waals surface area contributed by atoms with Crippen LogP contribution in [-0.2, 0) is 11.8 Å². The molecule has 0 bridgehead atoms. The monoisotopic (exact) mass is 259 g/mol. The Kier molecular flexibility index (Phi) is 4.06. The SMILES string of the molecule is CC(C)(C)c1ccc(CC(N)C2(C)CCCC2)cc1. The van der Waals surface area contributed by atoms with Crippen molar-refractivity contribution in [3.8, 4) is 0 Å². The van der Waals surface area contributed by atoms with Crippen molar-refractivity contribution in [2.75, 3.05) is 0 Å². The third-order valence-corrected chi connectivity index (χ3v) is 4.92. The van der Waals surface area contributed by atoms with E-state index in [2.05, 4.69) is 52.0 Å². The van der Waals surface area contributed by atoms with Crippen molar-refractivity contribution < 1.29 is 0 Å². The first-order valence-electron chi connectivity index (χ1n) is 7.66. The molecular formula is C18H29N. The molecule has 0 spiro atoms. The normalized spacial score (nSPS) is 20.5. The number of benzene rings is 1. The Bertz CT molecular complexity index is 404. The average Bonchev–Trinajstić information content (AvgIpc) is 2.77. The highest BCUT2D eigenvalue weighted by Crippen LogP contribution is 2.40. The van der Waals surface area contributed by atoms with Crippen molar-refractivity contribution in [1.29, 1.82) is 0 Å². The Hall–Kier alpha value is -0.820. The summed E-state index contributed by atoms with van der Waals surface area (Å²) in [6.07, 6.45) is 6.32. The van der Waals surface area contributed by atoms with E-state index in [9.17, 15) is 0 Å². The molecule has 0 amide bonds. The largest absolute Gasteiger partial charge is 0.327 e. The molecule has 1 aromatic carbocycles. The first-order valence-corrected chi connectivity index (χ1v) is 7.66. The topological polar surface area (TPSA) is 26.0 Å². The van der Waals surface area contributed by atoms with Crippen LogP contribution in [0.5, 0.6) is 0 Å². The first kappa shape index (κ1) is 14.6. The molecular weight excluding hydrogens is 230 g/mol. The second-order valence-corrected chi connectivity index (χ2v) is 7.62. The maximum atomic E-state index is 6.47. The van der Waals surface area contributed by atoms with Crippen LogP contribution in [0.4, 0.5) is 0 Å². The third kappa shape index (κ3) is 3.39. The average molecular weight is 259 g/mol. The summed E-state index contributed by atoms with van der Waals surface area (Å²) in [5.41, 5.74) is 9.85. The van der Waals surface area contributed by atoms with E-state index in [1.54, 1.807) is 0 Å². The summed E-state index contributed by atoms with van der Waals surface area (Å²) < 4.78 is 0. The van der Waals surface area contributed by atoms with E-state index in [1.807, 2.05) is 0 Å². The zero-order chi connectivity index (χ0) is 14.1. The van der Waals surface area contributed by atoms with Crippen LogP contribution in [-0.4, -0.2) is 6.04 Å². The lowest BCUT2D eigenvalue weighted by atomic mass is 9.78. The molecule has 1 unspecified atom stereocenters. The molecule has 0 aliphatic heterocycles. The lowest BCUT2D eigenvalue weighted by Gasteiger charge is -2.31. The van der Waals surface area contributed by atoms with Crippen LogP contribution in [0.1, 0.15) is 64.5 Å². The van der Waals surface area contributed by atoms with Crippen LogP contribution in [0.3, 0.4) is 0 Å². The van der Waals surface area contributed by atoms with Crippen molar-refractivity contribution in [1.82, 2.24) is 0 Å². The summed E-state index contributed by atoms with van der Waals surface area (Å²) >= 11 is 0. The van der Waals surface area contributed by atoms with Gasteiger partial charge in [0.15, 0.2) is 0 Å². The first-order chi connectivity index (χ1) is 8.81. The fourth-order valence-corrected chi connectivity index (χ4v) is 3.19. The highest BCUT2D eigenvalue weighted by molar-refractivity contribution is 5.28. The number of hydrogen-bond acceptors (Lipinski definition) is 1. The van der Waals surface area contributed by atoms with E-state index in [4.69, 9.17) is 5.73 Å². The zero-order valence-corrected chi connectivity index (χ0v) is 13.0. The molecule has 1 aliphatic carbocycles. The standard InChI is InChI=1S/C18H29N/c1-17(2,3)15-9-7-14(8-10-15)13-16(19)18(4)11-5-6-12-18/h7-10,16H,5-6,11-13,19H2,1-4H3. The Labute approximate surface area is 118 Å². The number of hydrogen-bond donors (Lipinski definition) is 1. The van der Waals surface area contributed by atoms with Gasteiger partial charge in [-0.05, 0) is 41.2 Å². The molecule has 0 heterocycles. The van der Waals surface area contributed by atoms with Gasteiger partial charge in [-0.1, -0.05) is 64.8 Å². The van der Waals surface area contributed by atoms with Gasteiger partial charge in [-0.3, -0.25) is 0 Å².